The van der Waals surface area contributed by atoms with Crippen molar-refractivity contribution in [3.8, 4) is 0 Å². The number of hydrogen-bond acceptors (Lipinski definition) is 4. The Balaban J connectivity index is 2.10. The standard InChI is InChI=1S/C12H13Cl2NO4S/c13-10-4-3-8(6-11(10)20(14,17)18)12(16)15-7-9-2-1-5-19-9/h3-4,6,9H,1-2,5,7H2,(H,15,16). The molecule has 1 aromatic carbocycles. The maximum Gasteiger partial charge on any atom is 0.262 e. The first-order valence-electron chi connectivity index (χ1n) is 6.02. The van der Waals surface area contributed by atoms with Crippen LogP contribution in [-0.2, 0) is 13.8 Å². The largest absolute Gasteiger partial charge is 0.376 e. The van der Waals surface area contributed by atoms with Crippen LogP contribution in [0.2, 0.25) is 5.02 Å². The van der Waals surface area contributed by atoms with E-state index < -0.39 is 15.0 Å². The molecule has 1 N–H and O–H groups in total. The van der Waals surface area contributed by atoms with Gasteiger partial charge in [0.15, 0.2) is 0 Å². The molecular formula is C12H13Cl2NO4S. The number of benzene rings is 1. The predicted octanol–water partition coefficient (Wildman–Crippen LogP) is 2.18. The van der Waals surface area contributed by atoms with E-state index in [0.29, 0.717) is 13.2 Å². The lowest BCUT2D eigenvalue weighted by molar-refractivity contribution is 0.0857. The minimum Gasteiger partial charge on any atom is -0.376 e. The van der Waals surface area contributed by atoms with Crippen LogP contribution in [0.1, 0.15) is 23.2 Å². The van der Waals surface area contributed by atoms with Gasteiger partial charge in [0.05, 0.1) is 11.1 Å². The summed E-state index contributed by atoms with van der Waals surface area (Å²) < 4.78 is 28.0. The summed E-state index contributed by atoms with van der Waals surface area (Å²) in [7, 11) is 1.27. The van der Waals surface area contributed by atoms with Crippen LogP contribution in [0.4, 0.5) is 0 Å². The molecule has 8 heteroatoms. The molecule has 1 atom stereocenters. The topological polar surface area (TPSA) is 72.5 Å². The zero-order chi connectivity index (χ0) is 14.8. The Morgan fingerprint density at radius 3 is 2.80 bits per heavy atom. The first kappa shape index (κ1) is 15.6. The molecule has 1 aliphatic heterocycles. The molecule has 1 unspecified atom stereocenters. The number of nitrogens with one attached hydrogen (secondary N) is 1. The van der Waals surface area contributed by atoms with E-state index in [1.54, 1.807) is 0 Å². The third-order valence-electron chi connectivity index (χ3n) is 2.97. The average molecular weight is 338 g/mol. The molecule has 2 rings (SSSR count). The van der Waals surface area contributed by atoms with Gasteiger partial charge in [-0.3, -0.25) is 4.79 Å². The molecule has 1 fully saturated rings. The van der Waals surface area contributed by atoms with Crippen LogP contribution in [-0.4, -0.2) is 33.6 Å². The number of carbonyl (C=O) groups is 1. The van der Waals surface area contributed by atoms with Crippen molar-refractivity contribution < 1.29 is 17.9 Å². The van der Waals surface area contributed by atoms with Gasteiger partial charge in [-0.05, 0) is 31.0 Å². The van der Waals surface area contributed by atoms with E-state index in [4.69, 9.17) is 27.0 Å². The highest BCUT2D eigenvalue weighted by molar-refractivity contribution is 8.13. The average Bonchev–Trinajstić information content (AvgIpc) is 2.88. The van der Waals surface area contributed by atoms with Crippen molar-refractivity contribution in [3.05, 3.63) is 28.8 Å². The minimum atomic E-state index is -3.98. The Morgan fingerprint density at radius 1 is 1.45 bits per heavy atom. The molecule has 1 aliphatic rings. The Bertz CT molecular complexity index is 612. The Labute approximate surface area is 126 Å². The van der Waals surface area contributed by atoms with Crippen LogP contribution in [0.25, 0.3) is 0 Å². The van der Waals surface area contributed by atoms with Crippen LogP contribution in [0.15, 0.2) is 23.1 Å². The molecule has 0 saturated carbocycles. The number of carbonyl (C=O) groups excluding carboxylic acids is 1. The lowest BCUT2D eigenvalue weighted by Crippen LogP contribution is -2.31. The Hall–Kier alpha value is -0.820. The van der Waals surface area contributed by atoms with Crippen LogP contribution < -0.4 is 5.32 Å². The highest BCUT2D eigenvalue weighted by atomic mass is 35.7. The van der Waals surface area contributed by atoms with Crippen molar-refractivity contribution in [1.82, 2.24) is 5.32 Å². The summed E-state index contributed by atoms with van der Waals surface area (Å²) in [6.45, 7) is 1.10. The molecule has 1 aromatic rings. The Morgan fingerprint density at radius 2 is 2.20 bits per heavy atom. The van der Waals surface area contributed by atoms with Gasteiger partial charge in [0.1, 0.15) is 4.90 Å². The van der Waals surface area contributed by atoms with Gasteiger partial charge in [0, 0.05) is 29.4 Å². The van der Waals surface area contributed by atoms with Gasteiger partial charge in [0.2, 0.25) is 0 Å². The molecule has 1 saturated heterocycles. The summed E-state index contributed by atoms with van der Waals surface area (Å²) in [4.78, 5) is 11.7. The monoisotopic (exact) mass is 337 g/mol. The highest BCUT2D eigenvalue weighted by Crippen LogP contribution is 2.25. The van der Waals surface area contributed by atoms with E-state index in [9.17, 15) is 13.2 Å². The quantitative estimate of drug-likeness (QED) is 0.854. The number of ether oxygens (including phenoxy) is 1. The maximum absolute atomic E-state index is 11.9. The van der Waals surface area contributed by atoms with Crippen molar-refractivity contribution in [3.63, 3.8) is 0 Å². The minimum absolute atomic E-state index is 0.0162. The fraction of sp³-hybridized carbons (Fsp3) is 0.417. The lowest BCUT2D eigenvalue weighted by atomic mass is 10.2. The molecule has 0 bridgehead atoms. The molecule has 0 aromatic heterocycles. The van der Waals surface area contributed by atoms with Gasteiger partial charge in [-0.2, -0.15) is 0 Å². The van der Waals surface area contributed by atoms with Crippen LogP contribution >= 0.6 is 22.3 Å². The van der Waals surface area contributed by atoms with Gasteiger partial charge in [-0.25, -0.2) is 8.42 Å². The summed E-state index contributed by atoms with van der Waals surface area (Å²) in [5.41, 5.74) is 0.187. The Kier molecular flexibility index (Phi) is 4.90. The van der Waals surface area contributed by atoms with Crippen LogP contribution in [0.3, 0.4) is 0 Å². The van der Waals surface area contributed by atoms with Gasteiger partial charge < -0.3 is 10.1 Å². The van der Waals surface area contributed by atoms with E-state index in [1.807, 2.05) is 0 Å². The molecule has 5 nitrogen and oxygen atoms in total. The highest BCUT2D eigenvalue weighted by Gasteiger charge is 2.19. The number of halogens is 2. The van der Waals surface area contributed by atoms with E-state index in [0.717, 1.165) is 18.9 Å². The first-order chi connectivity index (χ1) is 9.38. The second-order valence-electron chi connectivity index (χ2n) is 4.43. The summed E-state index contributed by atoms with van der Waals surface area (Å²) in [6.07, 6.45) is 1.90. The van der Waals surface area contributed by atoms with Crippen molar-refractivity contribution in [2.45, 2.75) is 23.8 Å². The zero-order valence-corrected chi connectivity index (χ0v) is 12.8. The summed E-state index contributed by atoms with van der Waals surface area (Å²) in [5, 5.41) is 2.68. The van der Waals surface area contributed by atoms with Gasteiger partial charge in [0.25, 0.3) is 15.0 Å². The van der Waals surface area contributed by atoms with Crippen molar-refractivity contribution in [2.24, 2.45) is 0 Å². The molecule has 0 spiro atoms. The fourth-order valence-corrected chi connectivity index (χ4v) is 3.44. The smallest absolute Gasteiger partial charge is 0.262 e. The molecule has 1 heterocycles. The van der Waals surface area contributed by atoms with E-state index >= 15 is 0 Å². The summed E-state index contributed by atoms with van der Waals surface area (Å²) in [6, 6.07) is 3.94. The number of rotatable bonds is 4. The third-order valence-corrected chi connectivity index (χ3v) is 4.77. The van der Waals surface area contributed by atoms with E-state index in [-0.39, 0.29) is 21.6 Å². The van der Waals surface area contributed by atoms with Gasteiger partial charge in [-0.15, -0.1) is 0 Å². The second-order valence-corrected chi connectivity index (χ2v) is 7.37. The normalized spacial score (nSPS) is 19.0. The number of amides is 1. The molecule has 20 heavy (non-hydrogen) atoms. The van der Waals surface area contributed by atoms with Crippen molar-refractivity contribution >= 4 is 37.2 Å². The second kappa shape index (κ2) is 6.30. The maximum atomic E-state index is 11.9. The molecule has 110 valence electrons. The molecule has 1 amide bonds. The SMILES string of the molecule is O=C(NCC1CCCO1)c1ccc(Cl)c(S(=O)(=O)Cl)c1. The van der Waals surface area contributed by atoms with Crippen molar-refractivity contribution in [1.29, 1.82) is 0 Å². The summed E-state index contributed by atoms with van der Waals surface area (Å²) in [5.74, 6) is -0.390. The molecule has 0 radical (unpaired) electrons. The predicted molar refractivity (Wildman–Crippen MR) is 75.8 cm³/mol. The van der Waals surface area contributed by atoms with Crippen LogP contribution in [0, 0.1) is 0 Å². The van der Waals surface area contributed by atoms with Gasteiger partial charge >= 0.3 is 0 Å². The molecular weight excluding hydrogens is 325 g/mol. The fourth-order valence-electron chi connectivity index (χ4n) is 1.95. The number of hydrogen-bond donors (Lipinski definition) is 1. The van der Waals surface area contributed by atoms with E-state index in [1.165, 1.54) is 12.1 Å². The molecule has 0 aliphatic carbocycles. The third kappa shape index (κ3) is 3.85. The van der Waals surface area contributed by atoms with Crippen molar-refractivity contribution in [2.75, 3.05) is 13.2 Å². The summed E-state index contributed by atoms with van der Waals surface area (Å²) >= 11 is 5.75. The van der Waals surface area contributed by atoms with Gasteiger partial charge in [-0.1, -0.05) is 11.6 Å². The van der Waals surface area contributed by atoms with Crippen LogP contribution in [0.5, 0.6) is 0 Å². The zero-order valence-electron chi connectivity index (χ0n) is 10.4. The lowest BCUT2D eigenvalue weighted by Gasteiger charge is -2.11. The first-order valence-corrected chi connectivity index (χ1v) is 8.70. The van der Waals surface area contributed by atoms with E-state index in [2.05, 4.69) is 5.32 Å².